The Labute approximate surface area is 163 Å². The average molecular weight is 409 g/mol. The van der Waals surface area contributed by atoms with Crippen molar-refractivity contribution in [3.8, 4) is 11.5 Å². The molecule has 1 atom stereocenters. The number of nitrogens with one attached hydrogen (secondary N) is 1. The Hall–Kier alpha value is -3.43. The quantitative estimate of drug-likeness (QED) is 0.814. The number of aromatic carboxylic acids is 1. The van der Waals surface area contributed by atoms with Crippen molar-refractivity contribution in [1.82, 2.24) is 4.90 Å². The maximum absolute atomic E-state index is 13.2. The molecule has 7 nitrogen and oxygen atoms in total. The topological polar surface area (TPSA) is 90.9 Å². The summed E-state index contributed by atoms with van der Waals surface area (Å²) in [5.74, 6) is -2.73. The number of hydrogen-bond acceptors (Lipinski definition) is 6. The number of para-hydroxylation sites is 1. The van der Waals surface area contributed by atoms with Crippen LogP contribution in [0.25, 0.3) is 0 Å². The molecule has 0 aliphatic carbocycles. The average Bonchev–Trinajstić information content (AvgIpc) is 2.67. The lowest BCUT2D eigenvalue weighted by atomic mass is 9.98. The number of benzene rings is 2. The Morgan fingerprint density at radius 3 is 2.45 bits per heavy atom. The van der Waals surface area contributed by atoms with Gasteiger partial charge in [-0.1, -0.05) is 18.2 Å². The molecular formula is C19H16F3N2O5-. The summed E-state index contributed by atoms with van der Waals surface area (Å²) in [6.07, 6.45) is -6.13. The zero-order chi connectivity index (χ0) is 21.3. The van der Waals surface area contributed by atoms with Gasteiger partial charge in [0.2, 0.25) is 0 Å². The van der Waals surface area contributed by atoms with Crippen molar-refractivity contribution in [1.29, 1.82) is 0 Å². The molecule has 3 rings (SSSR count). The van der Waals surface area contributed by atoms with Crippen LogP contribution in [0.2, 0.25) is 0 Å². The highest BCUT2D eigenvalue weighted by molar-refractivity contribution is 6.02. The first-order chi connectivity index (χ1) is 13.7. The molecule has 1 heterocycles. The lowest BCUT2D eigenvalue weighted by Crippen LogP contribution is -2.48. The third-order valence-corrected chi connectivity index (χ3v) is 4.45. The van der Waals surface area contributed by atoms with Crippen molar-refractivity contribution in [2.24, 2.45) is 0 Å². The molecule has 10 heteroatoms. The summed E-state index contributed by atoms with van der Waals surface area (Å²) in [5.41, 5.74) is -0.318. The number of methoxy groups -OCH3 is 2. The van der Waals surface area contributed by atoms with Crippen LogP contribution >= 0.6 is 0 Å². The van der Waals surface area contributed by atoms with E-state index < -0.39 is 36.3 Å². The Bertz CT molecular complexity index is 961. The van der Waals surface area contributed by atoms with Crippen LogP contribution in [0.4, 0.5) is 18.9 Å². The first-order valence-electron chi connectivity index (χ1n) is 8.37. The number of fused-ring (bicyclic) bond motifs is 1. The highest BCUT2D eigenvalue weighted by atomic mass is 19.4. The Morgan fingerprint density at radius 1 is 1.17 bits per heavy atom. The van der Waals surface area contributed by atoms with E-state index in [0.717, 1.165) is 0 Å². The second-order valence-corrected chi connectivity index (χ2v) is 6.19. The van der Waals surface area contributed by atoms with Gasteiger partial charge in [0.25, 0.3) is 5.91 Å². The number of ether oxygens (including phenoxy) is 2. The molecule has 1 aliphatic heterocycles. The van der Waals surface area contributed by atoms with Gasteiger partial charge in [-0.15, -0.1) is 0 Å². The Morgan fingerprint density at radius 2 is 1.86 bits per heavy atom. The van der Waals surface area contributed by atoms with Crippen molar-refractivity contribution in [2.75, 3.05) is 26.1 Å². The second-order valence-electron chi connectivity index (χ2n) is 6.19. The van der Waals surface area contributed by atoms with E-state index in [-0.39, 0.29) is 28.3 Å². The first-order valence-corrected chi connectivity index (χ1v) is 8.37. The number of carbonyl (C=O) groups is 2. The van der Waals surface area contributed by atoms with Crippen molar-refractivity contribution in [3.63, 3.8) is 0 Å². The molecule has 154 valence electrons. The van der Waals surface area contributed by atoms with Crippen LogP contribution in [0.3, 0.4) is 0 Å². The summed E-state index contributed by atoms with van der Waals surface area (Å²) in [6, 6.07) is 8.63. The highest BCUT2D eigenvalue weighted by Gasteiger charge is 2.41. The van der Waals surface area contributed by atoms with Crippen LogP contribution in [0, 0.1) is 0 Å². The van der Waals surface area contributed by atoms with Crippen LogP contribution in [0.1, 0.15) is 32.4 Å². The van der Waals surface area contributed by atoms with Crippen LogP contribution in [-0.4, -0.2) is 43.7 Å². The van der Waals surface area contributed by atoms with E-state index in [0.29, 0.717) is 4.90 Å². The number of amides is 1. The van der Waals surface area contributed by atoms with Gasteiger partial charge in [-0.3, -0.25) is 4.79 Å². The normalized spacial score (nSPS) is 16.1. The predicted octanol–water partition coefficient (Wildman–Crippen LogP) is 2.20. The second kappa shape index (κ2) is 7.53. The molecule has 0 unspecified atom stereocenters. The van der Waals surface area contributed by atoms with Crippen LogP contribution < -0.4 is 19.9 Å². The van der Waals surface area contributed by atoms with Gasteiger partial charge >= 0.3 is 6.18 Å². The lowest BCUT2D eigenvalue weighted by molar-refractivity contribution is -0.255. The number of carbonyl (C=O) groups excluding carboxylic acids is 2. The number of hydrogen-bond donors (Lipinski definition) is 1. The van der Waals surface area contributed by atoms with Gasteiger partial charge in [0.05, 0.1) is 31.3 Å². The van der Waals surface area contributed by atoms with Gasteiger partial charge in [0, 0.05) is 11.3 Å². The summed E-state index contributed by atoms with van der Waals surface area (Å²) < 4.78 is 49.8. The summed E-state index contributed by atoms with van der Waals surface area (Å²) in [6.45, 7) is -1.58. The summed E-state index contributed by atoms with van der Waals surface area (Å²) in [5, 5.41) is 14.6. The van der Waals surface area contributed by atoms with Gasteiger partial charge in [-0.05, 0) is 18.2 Å². The minimum absolute atomic E-state index is 0.0449. The van der Waals surface area contributed by atoms with E-state index >= 15 is 0 Å². The minimum atomic E-state index is -4.71. The molecule has 2 aromatic carbocycles. The Balaban J connectivity index is 2.22. The maximum atomic E-state index is 13.2. The van der Waals surface area contributed by atoms with E-state index in [1.807, 2.05) is 0 Å². The van der Waals surface area contributed by atoms with Crippen molar-refractivity contribution < 1.29 is 37.3 Å². The molecular weight excluding hydrogens is 393 g/mol. The number of carboxylic acid groups (broad SMARTS) is 1. The zero-order valence-corrected chi connectivity index (χ0v) is 15.4. The predicted molar refractivity (Wildman–Crippen MR) is 93.8 cm³/mol. The molecule has 0 fully saturated rings. The van der Waals surface area contributed by atoms with E-state index in [1.165, 1.54) is 44.6 Å². The van der Waals surface area contributed by atoms with Gasteiger partial charge in [-0.25, -0.2) is 0 Å². The molecule has 0 saturated carbocycles. The summed E-state index contributed by atoms with van der Waals surface area (Å²) in [4.78, 5) is 25.2. The fourth-order valence-electron chi connectivity index (χ4n) is 3.28. The van der Waals surface area contributed by atoms with Crippen molar-refractivity contribution in [3.05, 3.63) is 53.1 Å². The fourth-order valence-corrected chi connectivity index (χ4v) is 3.28. The van der Waals surface area contributed by atoms with Crippen molar-refractivity contribution >= 4 is 17.6 Å². The number of rotatable bonds is 5. The molecule has 1 amide bonds. The van der Waals surface area contributed by atoms with Crippen LogP contribution in [0.15, 0.2) is 36.4 Å². The Kier molecular flexibility index (Phi) is 5.27. The molecule has 1 aliphatic rings. The molecule has 0 spiro atoms. The van der Waals surface area contributed by atoms with Gasteiger partial charge < -0.3 is 29.6 Å². The number of nitrogens with zero attached hydrogens (tertiary/aromatic N) is 1. The monoisotopic (exact) mass is 409 g/mol. The van der Waals surface area contributed by atoms with Gasteiger partial charge in [-0.2, -0.15) is 13.2 Å². The largest absolute Gasteiger partial charge is 0.545 e. The first kappa shape index (κ1) is 20.3. The maximum Gasteiger partial charge on any atom is 0.406 e. The van der Waals surface area contributed by atoms with E-state index in [9.17, 15) is 27.9 Å². The molecule has 0 radical (unpaired) electrons. The molecule has 0 saturated heterocycles. The standard InChI is InChI=1S/C19H17F3N2O5/c1-28-13-8-7-11(14(18(26)27)15(13)29-2)16-23-12-6-4-3-5-10(12)17(25)24(16)9-19(20,21)22/h3-8,16,23H,9H2,1-2H3,(H,26,27)/p-1/t16-/m1/s1. The molecule has 1 N–H and O–H groups in total. The summed E-state index contributed by atoms with van der Waals surface area (Å²) in [7, 11) is 2.47. The number of halogens is 3. The molecule has 29 heavy (non-hydrogen) atoms. The van der Waals surface area contributed by atoms with E-state index in [2.05, 4.69) is 5.32 Å². The van der Waals surface area contributed by atoms with Gasteiger partial charge in [0.15, 0.2) is 11.5 Å². The van der Waals surface area contributed by atoms with Crippen molar-refractivity contribution in [2.45, 2.75) is 12.3 Å². The fraction of sp³-hybridized carbons (Fsp3) is 0.263. The number of alkyl halides is 3. The zero-order valence-electron chi connectivity index (χ0n) is 15.4. The molecule has 2 aromatic rings. The van der Waals surface area contributed by atoms with Gasteiger partial charge in [0.1, 0.15) is 12.7 Å². The molecule has 0 bridgehead atoms. The lowest BCUT2D eigenvalue weighted by Gasteiger charge is -2.39. The highest BCUT2D eigenvalue weighted by Crippen LogP contribution is 2.41. The van der Waals surface area contributed by atoms with Crippen LogP contribution in [0.5, 0.6) is 11.5 Å². The molecule has 0 aromatic heterocycles. The van der Waals surface area contributed by atoms with E-state index in [4.69, 9.17) is 9.47 Å². The minimum Gasteiger partial charge on any atom is -0.545 e. The van der Waals surface area contributed by atoms with Crippen LogP contribution in [-0.2, 0) is 0 Å². The number of anilines is 1. The third kappa shape index (κ3) is 3.78. The number of carboxylic acids is 1. The SMILES string of the molecule is COc1ccc([C@@H]2Nc3ccccc3C(=O)N2CC(F)(F)F)c(C(=O)[O-])c1OC. The van der Waals surface area contributed by atoms with E-state index in [1.54, 1.807) is 6.07 Å². The third-order valence-electron chi connectivity index (χ3n) is 4.45. The smallest absolute Gasteiger partial charge is 0.406 e. The summed E-state index contributed by atoms with van der Waals surface area (Å²) >= 11 is 0.